The molecule has 0 spiro atoms. The van der Waals surface area contributed by atoms with Gasteiger partial charge in [-0.25, -0.2) is 8.42 Å². The Labute approximate surface area is 134 Å². The van der Waals surface area contributed by atoms with Gasteiger partial charge in [-0.3, -0.25) is 0 Å². The Balaban J connectivity index is 1.94. The van der Waals surface area contributed by atoms with Gasteiger partial charge in [0.2, 0.25) is 0 Å². The second kappa shape index (κ2) is 7.47. The van der Waals surface area contributed by atoms with Gasteiger partial charge in [-0.2, -0.15) is 0 Å². The van der Waals surface area contributed by atoms with E-state index < -0.39 is 9.84 Å². The number of ether oxygens (including phenoxy) is 1. The van der Waals surface area contributed by atoms with E-state index in [1.54, 1.807) is 7.11 Å². The number of hydrogen-bond donors (Lipinski definition) is 1. The fourth-order valence-electron chi connectivity index (χ4n) is 2.99. The molecule has 1 aliphatic rings. The van der Waals surface area contributed by atoms with Crippen LogP contribution in [0.4, 0.5) is 0 Å². The monoisotopic (exact) mass is 325 g/mol. The Bertz CT molecular complexity index is 552. The van der Waals surface area contributed by atoms with E-state index in [1.165, 1.54) is 5.56 Å². The molecule has 0 aliphatic carbocycles. The highest BCUT2D eigenvalue weighted by molar-refractivity contribution is 7.91. The molecule has 1 aliphatic heterocycles. The van der Waals surface area contributed by atoms with E-state index in [0.717, 1.165) is 25.1 Å². The van der Waals surface area contributed by atoms with Crippen molar-refractivity contribution in [3.05, 3.63) is 29.8 Å². The minimum atomic E-state index is -2.77. The van der Waals surface area contributed by atoms with Crippen molar-refractivity contribution in [2.24, 2.45) is 11.8 Å². The average Bonchev–Trinajstić information content (AvgIpc) is 2.49. The molecule has 1 aromatic carbocycles. The lowest BCUT2D eigenvalue weighted by atomic mass is 9.94. The molecular weight excluding hydrogens is 298 g/mol. The lowest BCUT2D eigenvalue weighted by Crippen LogP contribution is -2.34. The van der Waals surface area contributed by atoms with Crippen molar-refractivity contribution in [2.75, 3.05) is 25.2 Å². The van der Waals surface area contributed by atoms with Crippen LogP contribution in [0.1, 0.15) is 38.3 Å². The van der Waals surface area contributed by atoms with E-state index in [0.29, 0.717) is 23.3 Å². The Morgan fingerprint density at radius 3 is 2.27 bits per heavy atom. The van der Waals surface area contributed by atoms with Crippen molar-refractivity contribution in [1.29, 1.82) is 0 Å². The van der Waals surface area contributed by atoms with Crippen molar-refractivity contribution in [1.82, 2.24) is 5.32 Å². The van der Waals surface area contributed by atoms with Crippen LogP contribution in [0.2, 0.25) is 0 Å². The highest BCUT2D eigenvalue weighted by Crippen LogP contribution is 2.25. The lowest BCUT2D eigenvalue weighted by molar-refractivity contribution is 0.353. The van der Waals surface area contributed by atoms with E-state index in [4.69, 9.17) is 4.74 Å². The van der Waals surface area contributed by atoms with Gasteiger partial charge in [0.05, 0.1) is 18.6 Å². The van der Waals surface area contributed by atoms with Gasteiger partial charge in [0.1, 0.15) is 15.6 Å². The Morgan fingerprint density at radius 1 is 1.18 bits per heavy atom. The fraction of sp³-hybridized carbons (Fsp3) is 0.647. The Morgan fingerprint density at radius 2 is 1.77 bits per heavy atom. The molecule has 1 N–H and O–H groups in total. The van der Waals surface area contributed by atoms with Crippen molar-refractivity contribution >= 4 is 9.84 Å². The molecule has 22 heavy (non-hydrogen) atoms. The van der Waals surface area contributed by atoms with E-state index in [2.05, 4.69) is 31.3 Å². The maximum Gasteiger partial charge on any atom is 0.150 e. The minimum absolute atomic E-state index is 0.282. The first-order valence-electron chi connectivity index (χ1n) is 7.99. The third kappa shape index (κ3) is 4.71. The molecule has 0 radical (unpaired) electrons. The van der Waals surface area contributed by atoms with Gasteiger partial charge in [-0.15, -0.1) is 0 Å². The zero-order chi connectivity index (χ0) is 16.2. The summed E-state index contributed by atoms with van der Waals surface area (Å²) in [5, 5.41) is 3.63. The molecule has 0 bridgehead atoms. The van der Waals surface area contributed by atoms with Crippen LogP contribution >= 0.6 is 0 Å². The molecule has 1 saturated heterocycles. The zero-order valence-electron chi connectivity index (χ0n) is 13.7. The predicted octanol–water partition coefficient (Wildman–Crippen LogP) is 2.81. The van der Waals surface area contributed by atoms with Crippen LogP contribution in [0.25, 0.3) is 0 Å². The molecule has 124 valence electrons. The van der Waals surface area contributed by atoms with E-state index in [9.17, 15) is 8.42 Å². The molecular formula is C17H27NO3S. The number of sulfone groups is 1. The van der Waals surface area contributed by atoms with Gasteiger partial charge >= 0.3 is 0 Å². The van der Waals surface area contributed by atoms with Crippen molar-refractivity contribution in [2.45, 2.75) is 32.7 Å². The van der Waals surface area contributed by atoms with Crippen LogP contribution < -0.4 is 10.1 Å². The fourth-order valence-corrected chi connectivity index (χ4v) is 4.58. The molecule has 0 saturated carbocycles. The summed E-state index contributed by atoms with van der Waals surface area (Å²) in [4.78, 5) is 0. The van der Waals surface area contributed by atoms with Crippen LogP contribution in [0.15, 0.2) is 24.3 Å². The van der Waals surface area contributed by atoms with Crippen LogP contribution in [0.3, 0.4) is 0 Å². The van der Waals surface area contributed by atoms with Crippen molar-refractivity contribution in [3.8, 4) is 5.75 Å². The van der Waals surface area contributed by atoms with Gasteiger partial charge < -0.3 is 10.1 Å². The summed E-state index contributed by atoms with van der Waals surface area (Å²) in [5.41, 5.74) is 1.25. The maximum atomic E-state index is 11.5. The van der Waals surface area contributed by atoms with E-state index in [1.807, 2.05) is 12.1 Å². The number of methoxy groups -OCH3 is 1. The highest BCUT2D eigenvalue weighted by Gasteiger charge is 2.24. The summed E-state index contributed by atoms with van der Waals surface area (Å²) < 4.78 is 28.2. The molecule has 0 amide bonds. The van der Waals surface area contributed by atoms with Gasteiger partial charge in [-0.05, 0) is 48.9 Å². The maximum absolute atomic E-state index is 11.5. The van der Waals surface area contributed by atoms with Crippen LogP contribution in [0, 0.1) is 11.8 Å². The van der Waals surface area contributed by atoms with Gasteiger partial charge in [-0.1, -0.05) is 26.0 Å². The standard InChI is InChI=1S/C17H27NO3S/c1-13(2)17(15-4-6-16(21-3)7-5-15)18-12-14-8-10-22(19,20)11-9-14/h4-7,13-14,17-18H,8-12H2,1-3H3. The average molecular weight is 325 g/mol. The smallest absolute Gasteiger partial charge is 0.150 e. The molecule has 4 nitrogen and oxygen atoms in total. The van der Waals surface area contributed by atoms with Crippen LogP contribution in [-0.4, -0.2) is 33.6 Å². The second-order valence-corrected chi connectivity index (χ2v) is 8.80. The highest BCUT2D eigenvalue weighted by atomic mass is 32.2. The number of benzene rings is 1. The third-order valence-corrected chi connectivity index (χ3v) is 6.16. The summed E-state index contributed by atoms with van der Waals surface area (Å²) in [5.74, 6) is 2.48. The van der Waals surface area contributed by atoms with Crippen LogP contribution in [0.5, 0.6) is 5.75 Å². The topological polar surface area (TPSA) is 55.4 Å². The van der Waals surface area contributed by atoms with Crippen LogP contribution in [-0.2, 0) is 9.84 Å². The molecule has 1 aromatic rings. The first kappa shape index (κ1) is 17.3. The van der Waals surface area contributed by atoms with Crippen molar-refractivity contribution in [3.63, 3.8) is 0 Å². The second-order valence-electron chi connectivity index (χ2n) is 6.50. The quantitative estimate of drug-likeness (QED) is 0.874. The Hall–Kier alpha value is -1.07. The molecule has 1 unspecified atom stereocenters. The molecule has 5 heteroatoms. The molecule has 0 aromatic heterocycles. The number of hydrogen-bond acceptors (Lipinski definition) is 4. The summed E-state index contributed by atoms with van der Waals surface area (Å²) in [6, 6.07) is 8.45. The summed E-state index contributed by atoms with van der Waals surface area (Å²) in [7, 11) is -1.10. The zero-order valence-corrected chi connectivity index (χ0v) is 14.5. The molecule has 1 atom stereocenters. The molecule has 1 fully saturated rings. The Kier molecular flexibility index (Phi) is 5.87. The summed E-state index contributed by atoms with van der Waals surface area (Å²) in [6.45, 7) is 5.28. The number of rotatable bonds is 6. The third-order valence-electron chi connectivity index (χ3n) is 4.44. The van der Waals surface area contributed by atoms with E-state index >= 15 is 0 Å². The predicted molar refractivity (Wildman–Crippen MR) is 90.0 cm³/mol. The van der Waals surface area contributed by atoms with Crippen molar-refractivity contribution < 1.29 is 13.2 Å². The van der Waals surface area contributed by atoms with Gasteiger partial charge in [0, 0.05) is 6.04 Å². The molecule has 1 heterocycles. The first-order chi connectivity index (χ1) is 10.4. The number of nitrogens with one attached hydrogen (secondary N) is 1. The largest absolute Gasteiger partial charge is 0.497 e. The van der Waals surface area contributed by atoms with Gasteiger partial charge in [0.25, 0.3) is 0 Å². The first-order valence-corrected chi connectivity index (χ1v) is 9.81. The SMILES string of the molecule is COc1ccc(C(NCC2CCS(=O)(=O)CC2)C(C)C)cc1. The van der Waals surface area contributed by atoms with Gasteiger partial charge in [0.15, 0.2) is 0 Å². The van der Waals surface area contributed by atoms with E-state index in [-0.39, 0.29) is 6.04 Å². The summed E-state index contributed by atoms with van der Waals surface area (Å²) in [6.07, 6.45) is 1.56. The molecule has 2 rings (SSSR count). The summed E-state index contributed by atoms with van der Waals surface area (Å²) >= 11 is 0. The normalized spacial score (nSPS) is 20.0. The lowest BCUT2D eigenvalue weighted by Gasteiger charge is -2.28. The minimum Gasteiger partial charge on any atom is -0.497 e.